The maximum absolute atomic E-state index is 14.4. The first kappa shape index (κ1) is 42.5. The number of hydrogen-bond acceptors (Lipinski definition) is 13. The van der Waals surface area contributed by atoms with Gasteiger partial charge in [-0.3, -0.25) is 24.1 Å². The Bertz CT molecular complexity index is 1860. The first-order valence-electron chi connectivity index (χ1n) is 18.5. The molecular formula is C39H47N7O10. The molecule has 56 heavy (non-hydrogen) atoms. The van der Waals surface area contributed by atoms with Crippen LogP contribution in [-0.4, -0.2) is 72.3 Å². The molecule has 0 bridgehead atoms. The number of esters is 1. The second kappa shape index (κ2) is 21.6. The number of rotatable bonds is 24. The van der Waals surface area contributed by atoms with Crippen LogP contribution in [0.2, 0.25) is 0 Å². The summed E-state index contributed by atoms with van der Waals surface area (Å²) in [4.78, 5) is 73.1. The van der Waals surface area contributed by atoms with Crippen molar-refractivity contribution >= 4 is 17.7 Å². The molecule has 0 saturated heterocycles. The van der Waals surface area contributed by atoms with Crippen molar-refractivity contribution in [3.63, 3.8) is 0 Å². The predicted molar refractivity (Wildman–Crippen MR) is 202 cm³/mol. The van der Waals surface area contributed by atoms with E-state index in [9.17, 15) is 34.6 Å². The smallest absolute Gasteiger partial charge is 0.309 e. The molecule has 0 aliphatic carbocycles. The van der Waals surface area contributed by atoms with Gasteiger partial charge in [-0.2, -0.15) is 5.21 Å². The standard InChI is InChI=1S/C39H47N7O10/c1-4-5-17-35(48)44(26-29-19-21-30(22-20-29)32-15-9-10-16-33(32)38-40-42-43-41-38)37(27(2)3)34(47)25-31(24-28-13-7-6-8-14-28)39(49)54-23-12-11-18-36(55-45(50)51)56-46(52)53/h6-10,13-16,19-22,27,31,36-37H,4-5,11-12,17-18,23-26H2,1-3H3,(H,40,41,42,43). The highest BCUT2D eigenvalue weighted by Crippen LogP contribution is 2.30. The van der Waals surface area contributed by atoms with Crippen molar-refractivity contribution < 1.29 is 39.0 Å². The van der Waals surface area contributed by atoms with Crippen LogP contribution < -0.4 is 0 Å². The SMILES string of the molecule is CCCCC(=O)N(Cc1ccc(-c2ccccc2-c2nn[nH]n2)cc1)C(C(=O)CC(Cc1ccccc1)C(=O)OCCCCC(O[N+](=O)[O-])O[N+](=O)[O-])C(C)C. The van der Waals surface area contributed by atoms with Crippen LogP contribution in [0.3, 0.4) is 0 Å². The van der Waals surface area contributed by atoms with Crippen molar-refractivity contribution in [3.05, 3.63) is 110 Å². The van der Waals surface area contributed by atoms with E-state index < -0.39 is 34.4 Å². The lowest BCUT2D eigenvalue weighted by Gasteiger charge is -2.34. The molecule has 1 N–H and O–H groups in total. The molecule has 0 saturated carbocycles. The van der Waals surface area contributed by atoms with Crippen molar-refractivity contribution in [1.29, 1.82) is 0 Å². The van der Waals surface area contributed by atoms with Crippen LogP contribution >= 0.6 is 0 Å². The predicted octanol–water partition coefficient (Wildman–Crippen LogP) is 6.35. The fraction of sp³-hybridized carbons (Fsp3) is 0.436. The minimum absolute atomic E-state index is 0.104. The average molecular weight is 774 g/mol. The zero-order valence-corrected chi connectivity index (χ0v) is 31.7. The second-order valence-corrected chi connectivity index (χ2v) is 13.6. The quantitative estimate of drug-likeness (QED) is 0.0270. The van der Waals surface area contributed by atoms with Crippen LogP contribution in [0, 0.1) is 32.1 Å². The Kier molecular flexibility index (Phi) is 16.4. The van der Waals surface area contributed by atoms with E-state index in [1.807, 2.05) is 99.6 Å². The summed E-state index contributed by atoms with van der Waals surface area (Å²) in [5, 5.41) is 33.4. The number of nitrogens with zero attached hydrogens (tertiary/aromatic N) is 6. The third kappa shape index (κ3) is 13.0. The first-order chi connectivity index (χ1) is 27.0. The summed E-state index contributed by atoms with van der Waals surface area (Å²) < 4.78 is 5.56. The van der Waals surface area contributed by atoms with Gasteiger partial charge >= 0.3 is 5.97 Å². The number of aromatic amines is 1. The maximum Gasteiger partial charge on any atom is 0.309 e. The van der Waals surface area contributed by atoms with Crippen LogP contribution in [0.25, 0.3) is 22.5 Å². The molecule has 3 aromatic carbocycles. The Labute approximate surface area is 323 Å². The zero-order valence-electron chi connectivity index (χ0n) is 31.7. The maximum atomic E-state index is 14.4. The van der Waals surface area contributed by atoms with E-state index in [0.29, 0.717) is 12.2 Å². The fourth-order valence-corrected chi connectivity index (χ4v) is 6.43. The summed E-state index contributed by atoms with van der Waals surface area (Å²) in [5.74, 6) is -1.74. The topological polar surface area (TPSA) is 223 Å². The number of ketones is 1. The highest BCUT2D eigenvalue weighted by Gasteiger charge is 2.35. The van der Waals surface area contributed by atoms with Gasteiger partial charge in [0.1, 0.15) is 0 Å². The van der Waals surface area contributed by atoms with Gasteiger partial charge in [-0.15, -0.1) is 30.4 Å². The molecule has 0 fully saturated rings. The van der Waals surface area contributed by atoms with E-state index >= 15 is 0 Å². The fourth-order valence-electron chi connectivity index (χ4n) is 6.43. The summed E-state index contributed by atoms with van der Waals surface area (Å²) >= 11 is 0. The van der Waals surface area contributed by atoms with Gasteiger partial charge in [-0.1, -0.05) is 106 Å². The lowest BCUT2D eigenvalue weighted by molar-refractivity contribution is -0.851. The van der Waals surface area contributed by atoms with Crippen LogP contribution in [0.5, 0.6) is 0 Å². The number of ether oxygens (including phenoxy) is 1. The molecule has 2 unspecified atom stereocenters. The molecule has 1 heterocycles. The van der Waals surface area contributed by atoms with E-state index in [0.717, 1.165) is 34.2 Å². The molecule has 298 valence electrons. The van der Waals surface area contributed by atoms with Crippen molar-refractivity contribution in [2.45, 2.75) is 91.0 Å². The minimum atomic E-state index is -1.72. The Balaban J connectivity index is 1.51. The van der Waals surface area contributed by atoms with Gasteiger partial charge in [-0.25, -0.2) is 0 Å². The first-order valence-corrected chi connectivity index (χ1v) is 18.5. The van der Waals surface area contributed by atoms with Gasteiger partial charge in [0.2, 0.25) is 11.7 Å². The van der Waals surface area contributed by atoms with Gasteiger partial charge in [0, 0.05) is 24.9 Å². The van der Waals surface area contributed by atoms with Gasteiger partial charge in [0.25, 0.3) is 16.5 Å². The number of carbonyl (C=O) groups excluding carboxylic acids is 3. The number of Topliss-reactive ketones (excluding diaryl/α,β-unsaturated/α-hetero) is 1. The highest BCUT2D eigenvalue weighted by atomic mass is 17.0. The summed E-state index contributed by atoms with van der Waals surface area (Å²) in [6.45, 7) is 5.83. The molecule has 0 aliphatic heterocycles. The highest BCUT2D eigenvalue weighted by molar-refractivity contribution is 5.92. The number of unbranched alkanes of at least 4 members (excludes halogenated alkanes) is 2. The number of hydrogen-bond donors (Lipinski definition) is 1. The molecule has 1 amide bonds. The van der Waals surface area contributed by atoms with Gasteiger partial charge in [0.15, 0.2) is 5.78 Å². The molecule has 17 heteroatoms. The molecule has 1 aromatic heterocycles. The lowest BCUT2D eigenvalue weighted by atomic mass is 9.87. The van der Waals surface area contributed by atoms with Gasteiger partial charge in [-0.05, 0) is 65.5 Å². The molecule has 4 aromatic rings. The number of carbonyl (C=O) groups is 3. The van der Waals surface area contributed by atoms with Crippen LogP contribution in [-0.2, 0) is 41.8 Å². The summed E-state index contributed by atoms with van der Waals surface area (Å²) in [7, 11) is 0. The Morgan fingerprint density at radius 1 is 0.839 bits per heavy atom. The number of benzene rings is 3. The van der Waals surface area contributed by atoms with E-state index in [1.54, 1.807) is 4.90 Å². The number of H-pyrrole nitrogens is 1. The van der Waals surface area contributed by atoms with Crippen LogP contribution in [0.4, 0.5) is 0 Å². The summed E-state index contributed by atoms with van der Waals surface area (Å²) in [6.07, 6.45) is 0.180. The molecule has 0 radical (unpaired) electrons. The van der Waals surface area contributed by atoms with Gasteiger partial charge < -0.3 is 9.64 Å². The number of nitrogens with one attached hydrogen (secondary N) is 1. The lowest BCUT2D eigenvalue weighted by Crippen LogP contribution is -2.48. The van der Waals surface area contributed by atoms with E-state index in [4.69, 9.17) is 4.74 Å². The minimum Gasteiger partial charge on any atom is -0.465 e. The summed E-state index contributed by atoms with van der Waals surface area (Å²) in [6, 6.07) is 23.8. The second-order valence-electron chi connectivity index (χ2n) is 13.6. The number of amides is 1. The van der Waals surface area contributed by atoms with Crippen LogP contribution in [0.1, 0.15) is 76.8 Å². The molecule has 2 atom stereocenters. The average Bonchev–Trinajstić information content (AvgIpc) is 3.71. The normalized spacial score (nSPS) is 12.2. The molecule has 4 rings (SSSR count). The van der Waals surface area contributed by atoms with E-state index in [1.165, 1.54) is 0 Å². The van der Waals surface area contributed by atoms with Crippen molar-refractivity contribution in [1.82, 2.24) is 25.5 Å². The molecule has 0 aliphatic rings. The molecular weight excluding hydrogens is 726 g/mol. The van der Waals surface area contributed by atoms with Gasteiger partial charge in [0.05, 0.1) is 18.6 Å². The monoisotopic (exact) mass is 773 g/mol. The zero-order chi connectivity index (χ0) is 40.5. The Morgan fingerprint density at radius 2 is 1.50 bits per heavy atom. The molecule has 0 spiro atoms. The third-order valence-electron chi connectivity index (χ3n) is 9.08. The van der Waals surface area contributed by atoms with Crippen molar-refractivity contribution in [2.24, 2.45) is 11.8 Å². The largest absolute Gasteiger partial charge is 0.465 e. The van der Waals surface area contributed by atoms with Crippen molar-refractivity contribution in [2.75, 3.05) is 6.61 Å². The Hall–Kier alpha value is -6.26. The van der Waals surface area contributed by atoms with E-state index in [-0.39, 0.29) is 69.3 Å². The molecule has 17 nitrogen and oxygen atoms in total. The van der Waals surface area contributed by atoms with E-state index in [2.05, 4.69) is 30.3 Å². The number of tetrazole rings is 1. The Morgan fingerprint density at radius 3 is 2.11 bits per heavy atom. The van der Waals surface area contributed by atoms with Crippen LogP contribution in [0.15, 0.2) is 78.9 Å². The number of aromatic nitrogens is 4. The summed E-state index contributed by atoms with van der Waals surface area (Å²) in [5.41, 5.74) is 4.25. The van der Waals surface area contributed by atoms with Crippen molar-refractivity contribution in [3.8, 4) is 22.5 Å². The third-order valence-corrected chi connectivity index (χ3v) is 9.08.